The van der Waals surface area contributed by atoms with Gasteiger partial charge in [-0.05, 0) is 19.0 Å². The lowest BCUT2D eigenvalue weighted by Crippen LogP contribution is -2.37. The fourth-order valence-corrected chi connectivity index (χ4v) is 5.97. The summed E-state index contributed by atoms with van der Waals surface area (Å²) < 4.78 is 5.30. The third-order valence-corrected chi connectivity index (χ3v) is 9.56. The van der Waals surface area contributed by atoms with E-state index in [1.165, 1.54) is 23.7 Å². The van der Waals surface area contributed by atoms with E-state index in [0.717, 1.165) is 6.04 Å². The fourth-order valence-electron chi connectivity index (χ4n) is 2.45. The summed E-state index contributed by atoms with van der Waals surface area (Å²) in [4.78, 5) is 11.5. The first-order chi connectivity index (χ1) is 9.53. The van der Waals surface area contributed by atoms with E-state index in [4.69, 9.17) is 4.74 Å². The molecule has 0 unspecified atom stereocenters. The average Bonchev–Trinajstić information content (AvgIpc) is 2.47. The van der Waals surface area contributed by atoms with Crippen LogP contribution in [-0.2, 0) is 15.6 Å². The van der Waals surface area contributed by atoms with Crippen LogP contribution < -0.4 is 0 Å². The van der Waals surface area contributed by atoms with Crippen molar-refractivity contribution in [2.75, 3.05) is 6.61 Å². The van der Waals surface area contributed by atoms with Crippen molar-refractivity contribution in [3.8, 4) is 0 Å². The zero-order chi connectivity index (χ0) is 15.0. The quantitative estimate of drug-likeness (QED) is 0.403. The minimum absolute atomic E-state index is 0.264. The molecule has 0 amide bonds. The maximum absolute atomic E-state index is 11.5. The molecular formula is C17H26O2Si. The van der Waals surface area contributed by atoms with E-state index in [0.29, 0.717) is 12.2 Å². The van der Waals surface area contributed by atoms with Crippen LogP contribution >= 0.6 is 0 Å². The van der Waals surface area contributed by atoms with E-state index in [1.54, 1.807) is 6.92 Å². The Hall–Kier alpha value is -1.35. The van der Waals surface area contributed by atoms with Crippen molar-refractivity contribution in [1.29, 1.82) is 0 Å². The molecular weight excluding hydrogens is 264 g/mol. The average molecular weight is 290 g/mol. The minimum Gasteiger partial charge on any atom is -0.463 e. The number of benzene rings is 1. The van der Waals surface area contributed by atoms with E-state index in [2.05, 4.69) is 50.8 Å². The molecule has 0 atom stereocenters. The van der Waals surface area contributed by atoms with Crippen molar-refractivity contribution in [1.82, 2.24) is 0 Å². The Labute approximate surface area is 123 Å². The first-order valence-electron chi connectivity index (χ1n) is 7.39. The van der Waals surface area contributed by atoms with Gasteiger partial charge in [0.1, 0.15) is 0 Å². The van der Waals surface area contributed by atoms with Crippen molar-refractivity contribution in [2.45, 2.75) is 44.9 Å². The highest BCUT2D eigenvalue weighted by atomic mass is 28.3. The summed E-state index contributed by atoms with van der Waals surface area (Å²) in [5, 5.41) is 0. The van der Waals surface area contributed by atoms with E-state index >= 15 is 0 Å². The first-order valence-corrected chi connectivity index (χ1v) is 10.2. The molecule has 0 spiro atoms. The van der Waals surface area contributed by atoms with Crippen LogP contribution in [0, 0.1) is 0 Å². The van der Waals surface area contributed by atoms with Crippen LogP contribution in [0.3, 0.4) is 0 Å². The highest BCUT2D eigenvalue weighted by molar-refractivity contribution is 6.79. The molecule has 1 rings (SSSR count). The second-order valence-electron chi connectivity index (χ2n) is 5.54. The van der Waals surface area contributed by atoms with Gasteiger partial charge in [-0.1, -0.05) is 68.4 Å². The summed E-state index contributed by atoms with van der Waals surface area (Å²) >= 11 is 0. The molecule has 3 heteroatoms. The predicted molar refractivity (Wildman–Crippen MR) is 87.4 cm³/mol. The third kappa shape index (κ3) is 4.97. The van der Waals surface area contributed by atoms with Crippen molar-refractivity contribution in [3.05, 3.63) is 48.0 Å². The van der Waals surface area contributed by atoms with Crippen molar-refractivity contribution >= 4 is 14.0 Å². The number of hydrogen-bond acceptors (Lipinski definition) is 2. The second-order valence-corrected chi connectivity index (χ2v) is 10.8. The molecule has 0 aromatic heterocycles. The Morgan fingerprint density at radius 2 is 1.80 bits per heavy atom. The molecule has 0 N–H and O–H groups in total. The maximum Gasteiger partial charge on any atom is 0.333 e. The van der Waals surface area contributed by atoms with Crippen LogP contribution in [0.25, 0.3) is 0 Å². The molecule has 0 fully saturated rings. The number of hydrogen-bond donors (Lipinski definition) is 0. The zero-order valence-electron chi connectivity index (χ0n) is 12.9. The van der Waals surface area contributed by atoms with Crippen LogP contribution in [0.5, 0.6) is 0 Å². The Morgan fingerprint density at radius 3 is 2.30 bits per heavy atom. The lowest BCUT2D eigenvalue weighted by Gasteiger charge is -2.29. The molecule has 0 saturated heterocycles. The normalized spacial score (nSPS) is 11.2. The minimum atomic E-state index is -1.39. The number of ether oxygens (including phenoxy) is 1. The smallest absolute Gasteiger partial charge is 0.333 e. The number of rotatable bonds is 8. The van der Waals surface area contributed by atoms with Crippen molar-refractivity contribution in [2.24, 2.45) is 0 Å². The molecule has 110 valence electrons. The molecule has 0 aliphatic heterocycles. The summed E-state index contributed by atoms with van der Waals surface area (Å²) in [6.45, 7) is 10.4. The lowest BCUT2D eigenvalue weighted by molar-refractivity contribution is -0.138. The topological polar surface area (TPSA) is 26.3 Å². The maximum atomic E-state index is 11.5. The largest absolute Gasteiger partial charge is 0.463 e. The van der Waals surface area contributed by atoms with Crippen molar-refractivity contribution < 1.29 is 9.53 Å². The molecule has 0 aliphatic rings. The Bertz CT molecular complexity index is 436. The first kappa shape index (κ1) is 16.7. The van der Waals surface area contributed by atoms with Crippen LogP contribution in [0.15, 0.2) is 42.5 Å². The predicted octanol–water partition coefficient (Wildman–Crippen LogP) is 4.38. The molecule has 1 aromatic rings. The van der Waals surface area contributed by atoms with Gasteiger partial charge < -0.3 is 4.74 Å². The fraction of sp³-hybridized carbons (Fsp3) is 0.471. The van der Waals surface area contributed by atoms with E-state index < -0.39 is 8.07 Å². The molecule has 0 bridgehead atoms. The molecule has 2 nitrogen and oxygen atoms in total. The van der Waals surface area contributed by atoms with Gasteiger partial charge in [-0.25, -0.2) is 4.79 Å². The lowest BCUT2D eigenvalue weighted by atomic mass is 10.2. The van der Waals surface area contributed by atoms with Gasteiger partial charge in [-0.3, -0.25) is 0 Å². The van der Waals surface area contributed by atoms with E-state index in [-0.39, 0.29) is 5.97 Å². The third-order valence-electron chi connectivity index (χ3n) is 4.14. The molecule has 1 aromatic carbocycles. The van der Waals surface area contributed by atoms with Crippen LogP contribution in [-0.4, -0.2) is 20.7 Å². The summed E-state index contributed by atoms with van der Waals surface area (Å²) in [7, 11) is -1.39. The van der Waals surface area contributed by atoms with Gasteiger partial charge in [0.2, 0.25) is 0 Å². The molecule has 20 heavy (non-hydrogen) atoms. The molecule has 0 aliphatic carbocycles. The molecule has 0 saturated carbocycles. The second kappa shape index (κ2) is 8.05. The zero-order valence-corrected chi connectivity index (χ0v) is 13.9. The summed E-state index contributed by atoms with van der Waals surface area (Å²) in [6.07, 6.45) is 0. The molecule has 0 heterocycles. The number of esters is 1. The number of carbonyl (C=O) groups is 1. The van der Waals surface area contributed by atoms with Gasteiger partial charge in [-0.2, -0.15) is 0 Å². The highest BCUT2D eigenvalue weighted by Gasteiger charge is 2.29. The van der Waals surface area contributed by atoms with Gasteiger partial charge in [-0.15, -0.1) is 0 Å². The van der Waals surface area contributed by atoms with Crippen molar-refractivity contribution in [3.63, 3.8) is 0 Å². The summed E-state index contributed by atoms with van der Waals surface area (Å²) in [5.74, 6) is -0.264. The number of carbonyl (C=O) groups excluding carboxylic acids is 1. The Balaban J connectivity index is 2.62. The van der Waals surface area contributed by atoms with Crippen LogP contribution in [0.2, 0.25) is 18.1 Å². The van der Waals surface area contributed by atoms with Gasteiger partial charge in [0, 0.05) is 5.57 Å². The van der Waals surface area contributed by atoms with Gasteiger partial charge in [0.15, 0.2) is 0 Å². The Kier molecular flexibility index (Phi) is 6.72. The SMILES string of the molecule is C=C(C)C(=O)OCC[Si](CC)(CC)Cc1ccccc1. The van der Waals surface area contributed by atoms with Gasteiger partial charge >= 0.3 is 5.97 Å². The highest BCUT2D eigenvalue weighted by Crippen LogP contribution is 2.25. The molecule has 0 radical (unpaired) electrons. The summed E-state index contributed by atoms with van der Waals surface area (Å²) in [6, 6.07) is 15.3. The van der Waals surface area contributed by atoms with Crippen LogP contribution in [0.1, 0.15) is 26.3 Å². The van der Waals surface area contributed by atoms with Gasteiger partial charge in [0.05, 0.1) is 14.7 Å². The summed E-state index contributed by atoms with van der Waals surface area (Å²) in [5.41, 5.74) is 1.89. The van der Waals surface area contributed by atoms with E-state index in [1.807, 2.05) is 0 Å². The van der Waals surface area contributed by atoms with Crippen LogP contribution in [0.4, 0.5) is 0 Å². The van der Waals surface area contributed by atoms with E-state index in [9.17, 15) is 4.79 Å². The standard InChI is InChI=1S/C17H26O2Si/c1-5-20(6-2,13-12-19-17(18)15(3)4)14-16-10-8-7-9-11-16/h7-11H,3,5-6,12-14H2,1-2,4H3. The Morgan fingerprint density at radius 1 is 1.20 bits per heavy atom. The monoisotopic (exact) mass is 290 g/mol. The van der Waals surface area contributed by atoms with Gasteiger partial charge in [0.25, 0.3) is 0 Å².